The average Bonchev–Trinajstić information content (AvgIpc) is 3.53. The molecule has 0 saturated heterocycles. The van der Waals surface area contributed by atoms with Gasteiger partial charge >= 0.3 is 6.03 Å². The highest BCUT2D eigenvalue weighted by Crippen LogP contribution is 2.28. The molecule has 4 aromatic rings. The van der Waals surface area contributed by atoms with Gasteiger partial charge in [-0.15, -0.1) is 0 Å². The molecule has 2 heterocycles. The van der Waals surface area contributed by atoms with E-state index in [0.29, 0.717) is 13.0 Å². The SMILES string of the molecule is Cc1ccc(S(=O)(=O)NC(=O)NCCc2ccc(-n3c(CC4=CCCC4)nc4c(C)cc(C)nc43)cc2)cc1. The van der Waals surface area contributed by atoms with E-state index >= 15 is 0 Å². The summed E-state index contributed by atoms with van der Waals surface area (Å²) in [4.78, 5) is 22.1. The quantitative estimate of drug-likeness (QED) is 0.296. The Morgan fingerprint density at radius 2 is 1.74 bits per heavy atom. The van der Waals surface area contributed by atoms with Crippen molar-refractivity contribution in [2.24, 2.45) is 0 Å². The lowest BCUT2D eigenvalue weighted by atomic mass is 10.1. The van der Waals surface area contributed by atoms with Gasteiger partial charge < -0.3 is 5.32 Å². The van der Waals surface area contributed by atoms with Crippen LogP contribution in [-0.2, 0) is 22.9 Å². The van der Waals surface area contributed by atoms with Crippen LogP contribution in [0.3, 0.4) is 0 Å². The van der Waals surface area contributed by atoms with Crippen LogP contribution in [0, 0.1) is 20.8 Å². The number of carbonyl (C=O) groups is 1. The summed E-state index contributed by atoms with van der Waals surface area (Å²) in [5.74, 6) is 0.986. The van der Waals surface area contributed by atoms with E-state index in [2.05, 4.69) is 33.7 Å². The van der Waals surface area contributed by atoms with Gasteiger partial charge in [0.25, 0.3) is 10.0 Å². The van der Waals surface area contributed by atoms with Crippen molar-refractivity contribution >= 4 is 27.2 Å². The highest BCUT2D eigenvalue weighted by atomic mass is 32.2. The summed E-state index contributed by atoms with van der Waals surface area (Å²) in [6.45, 7) is 6.24. The number of amides is 2. The number of sulfonamides is 1. The third-order valence-corrected chi connectivity index (χ3v) is 8.32. The van der Waals surface area contributed by atoms with Crippen molar-refractivity contribution < 1.29 is 13.2 Å². The first kappa shape index (κ1) is 26.6. The van der Waals surface area contributed by atoms with Crippen LogP contribution >= 0.6 is 0 Å². The van der Waals surface area contributed by atoms with Crippen LogP contribution in [0.25, 0.3) is 16.9 Å². The van der Waals surface area contributed by atoms with Crippen molar-refractivity contribution in [3.05, 3.63) is 94.5 Å². The molecule has 0 radical (unpaired) electrons. The summed E-state index contributed by atoms with van der Waals surface area (Å²) in [5, 5.41) is 2.64. The molecule has 8 nitrogen and oxygen atoms in total. The zero-order valence-corrected chi connectivity index (χ0v) is 23.3. The largest absolute Gasteiger partial charge is 0.337 e. The van der Waals surface area contributed by atoms with Gasteiger partial charge in [0.1, 0.15) is 11.3 Å². The molecule has 202 valence electrons. The Hall–Kier alpha value is -3.98. The van der Waals surface area contributed by atoms with Gasteiger partial charge in [-0.1, -0.05) is 41.5 Å². The molecule has 0 unspecified atom stereocenters. The predicted octanol–water partition coefficient (Wildman–Crippen LogP) is 5.23. The number of pyridine rings is 1. The molecule has 0 bridgehead atoms. The first-order chi connectivity index (χ1) is 18.7. The van der Waals surface area contributed by atoms with Crippen LogP contribution in [0.5, 0.6) is 0 Å². The molecule has 2 aromatic heterocycles. The van der Waals surface area contributed by atoms with Gasteiger partial charge in [-0.2, -0.15) is 0 Å². The summed E-state index contributed by atoms with van der Waals surface area (Å²) in [6, 6.07) is 15.8. The molecule has 0 fully saturated rings. The molecule has 2 amide bonds. The second-order valence-corrected chi connectivity index (χ2v) is 11.8. The fourth-order valence-electron chi connectivity index (χ4n) is 4.96. The van der Waals surface area contributed by atoms with Gasteiger partial charge in [-0.05, 0) is 87.9 Å². The molecular formula is C30H33N5O3S. The van der Waals surface area contributed by atoms with Gasteiger partial charge in [0, 0.05) is 24.3 Å². The molecule has 0 atom stereocenters. The van der Waals surface area contributed by atoms with Crippen LogP contribution in [0.1, 0.15) is 47.5 Å². The van der Waals surface area contributed by atoms with Crippen molar-refractivity contribution in [3.63, 3.8) is 0 Å². The Balaban J connectivity index is 1.27. The number of hydrogen-bond donors (Lipinski definition) is 2. The highest BCUT2D eigenvalue weighted by molar-refractivity contribution is 7.90. The molecule has 9 heteroatoms. The number of rotatable bonds is 8. The maximum Gasteiger partial charge on any atom is 0.328 e. The van der Waals surface area contributed by atoms with E-state index in [0.717, 1.165) is 64.3 Å². The Morgan fingerprint density at radius 1 is 1.00 bits per heavy atom. The van der Waals surface area contributed by atoms with E-state index in [1.54, 1.807) is 12.1 Å². The number of urea groups is 1. The molecule has 0 saturated carbocycles. The fraction of sp³-hybridized carbons (Fsp3) is 0.300. The van der Waals surface area contributed by atoms with E-state index in [4.69, 9.17) is 9.97 Å². The maximum absolute atomic E-state index is 12.4. The normalized spacial score (nSPS) is 13.5. The minimum Gasteiger partial charge on any atom is -0.337 e. The van der Waals surface area contributed by atoms with E-state index in [1.165, 1.54) is 24.1 Å². The Labute approximate surface area is 229 Å². The zero-order chi connectivity index (χ0) is 27.6. The third-order valence-electron chi connectivity index (χ3n) is 6.98. The summed E-state index contributed by atoms with van der Waals surface area (Å²) in [5.41, 5.74) is 8.23. The first-order valence-electron chi connectivity index (χ1n) is 13.2. The minimum absolute atomic E-state index is 0.0503. The lowest BCUT2D eigenvalue weighted by molar-refractivity contribution is 0.246. The molecule has 5 rings (SSSR count). The molecular weight excluding hydrogens is 510 g/mol. The molecule has 0 spiro atoms. The number of benzene rings is 2. The van der Waals surface area contributed by atoms with Crippen LogP contribution in [0.15, 0.2) is 71.1 Å². The van der Waals surface area contributed by atoms with Crippen LogP contribution < -0.4 is 10.0 Å². The smallest absolute Gasteiger partial charge is 0.328 e. The molecule has 2 N–H and O–H groups in total. The number of hydrogen-bond acceptors (Lipinski definition) is 5. The maximum atomic E-state index is 12.4. The van der Waals surface area contributed by atoms with E-state index in [9.17, 15) is 13.2 Å². The Bertz CT molecular complexity index is 1650. The Morgan fingerprint density at radius 3 is 2.44 bits per heavy atom. The number of allylic oxidation sites excluding steroid dienone is 2. The topological polar surface area (TPSA) is 106 Å². The summed E-state index contributed by atoms with van der Waals surface area (Å²) in [7, 11) is -3.92. The van der Waals surface area contributed by atoms with Crippen molar-refractivity contribution in [2.75, 3.05) is 6.54 Å². The average molecular weight is 544 g/mol. The molecule has 1 aliphatic carbocycles. The first-order valence-corrected chi connectivity index (χ1v) is 14.7. The zero-order valence-electron chi connectivity index (χ0n) is 22.5. The van der Waals surface area contributed by atoms with E-state index < -0.39 is 16.1 Å². The number of fused-ring (bicyclic) bond motifs is 1. The van der Waals surface area contributed by atoms with Gasteiger partial charge in [0.05, 0.1) is 4.90 Å². The number of aromatic nitrogens is 3. The van der Waals surface area contributed by atoms with Crippen LogP contribution in [-0.4, -0.2) is 35.5 Å². The van der Waals surface area contributed by atoms with Gasteiger partial charge in [-0.3, -0.25) is 4.57 Å². The second kappa shape index (κ2) is 11.0. The number of nitrogens with zero attached hydrogens (tertiary/aromatic N) is 3. The lowest BCUT2D eigenvalue weighted by Gasteiger charge is -2.12. The fourth-order valence-corrected chi connectivity index (χ4v) is 5.89. The highest BCUT2D eigenvalue weighted by Gasteiger charge is 2.19. The van der Waals surface area contributed by atoms with Crippen LogP contribution in [0.4, 0.5) is 4.79 Å². The number of imidazole rings is 1. The van der Waals surface area contributed by atoms with Gasteiger partial charge in [0.2, 0.25) is 0 Å². The van der Waals surface area contributed by atoms with Crippen molar-refractivity contribution in [1.29, 1.82) is 0 Å². The van der Waals surface area contributed by atoms with E-state index in [-0.39, 0.29) is 4.90 Å². The lowest BCUT2D eigenvalue weighted by Crippen LogP contribution is -2.40. The Kier molecular flexibility index (Phi) is 7.52. The summed E-state index contributed by atoms with van der Waals surface area (Å²) >= 11 is 0. The summed E-state index contributed by atoms with van der Waals surface area (Å²) in [6.07, 6.45) is 7.13. The van der Waals surface area contributed by atoms with Crippen molar-refractivity contribution in [2.45, 2.75) is 57.8 Å². The van der Waals surface area contributed by atoms with E-state index in [1.807, 2.05) is 38.1 Å². The second-order valence-electron chi connectivity index (χ2n) is 10.1. The molecule has 1 aliphatic rings. The molecule has 39 heavy (non-hydrogen) atoms. The third kappa shape index (κ3) is 6.04. The van der Waals surface area contributed by atoms with Crippen molar-refractivity contribution in [1.82, 2.24) is 24.6 Å². The number of aryl methyl sites for hydroxylation is 3. The minimum atomic E-state index is -3.92. The summed E-state index contributed by atoms with van der Waals surface area (Å²) < 4.78 is 29.1. The number of carbonyl (C=O) groups excluding carboxylic acids is 1. The molecule has 0 aliphatic heterocycles. The van der Waals surface area contributed by atoms with Gasteiger partial charge in [0.15, 0.2) is 5.65 Å². The predicted molar refractivity (Wildman–Crippen MR) is 153 cm³/mol. The van der Waals surface area contributed by atoms with Crippen LogP contribution in [0.2, 0.25) is 0 Å². The number of nitrogens with one attached hydrogen (secondary N) is 2. The molecule has 2 aromatic carbocycles. The van der Waals surface area contributed by atoms with Crippen molar-refractivity contribution in [3.8, 4) is 5.69 Å². The standard InChI is InChI=1S/C30H33N5O3S/c1-20-8-14-26(15-9-20)39(37,38)34-30(36)31-17-16-23-10-12-25(13-11-23)35-27(19-24-6-4-5-7-24)33-28-21(2)18-22(3)32-29(28)35/h6,8-15,18H,4-5,7,16-17,19H2,1-3H3,(H2,31,34,36). The monoisotopic (exact) mass is 543 g/mol. The van der Waals surface area contributed by atoms with Gasteiger partial charge in [-0.25, -0.2) is 27.9 Å².